The van der Waals surface area contributed by atoms with Crippen molar-refractivity contribution in [2.45, 2.75) is 0 Å². The number of nitrogens with zero attached hydrogens (tertiary/aromatic N) is 3. The summed E-state index contributed by atoms with van der Waals surface area (Å²) in [7, 11) is 1.44. The Bertz CT molecular complexity index is 537. The minimum absolute atomic E-state index is 0.0942. The summed E-state index contributed by atoms with van der Waals surface area (Å²) < 4.78 is 6.00. The molecule has 0 aliphatic carbocycles. The number of ether oxygens (including phenoxy) is 1. The normalized spacial score (nSPS) is 10.5. The fourth-order valence-electron chi connectivity index (χ4n) is 1.18. The molecule has 0 aliphatic heterocycles. The molecule has 2 heterocycles. The first kappa shape index (κ1) is 9.72. The molecule has 0 aromatic carbocycles. The number of hydrogen-bond acceptors (Lipinski definition) is 4. The molecular formula is C8H6ClN3O3. The van der Waals surface area contributed by atoms with Gasteiger partial charge in [-0.1, -0.05) is 11.6 Å². The van der Waals surface area contributed by atoms with Gasteiger partial charge < -0.3 is 9.84 Å². The summed E-state index contributed by atoms with van der Waals surface area (Å²) in [6, 6.07) is 3.15. The van der Waals surface area contributed by atoms with Crippen molar-refractivity contribution >= 4 is 23.2 Å². The third kappa shape index (κ3) is 1.48. The lowest BCUT2D eigenvalue weighted by Crippen LogP contribution is -2.05. The van der Waals surface area contributed by atoms with Crippen LogP contribution >= 0.6 is 11.6 Å². The molecule has 15 heavy (non-hydrogen) atoms. The van der Waals surface area contributed by atoms with E-state index in [1.54, 1.807) is 12.1 Å². The SMILES string of the molecule is COc1ccc2nc(Cl)c(C(=O)O)n2n1. The zero-order chi connectivity index (χ0) is 11.0. The Balaban J connectivity index is 2.77. The highest BCUT2D eigenvalue weighted by Gasteiger charge is 2.18. The average Bonchev–Trinajstić information content (AvgIpc) is 2.52. The van der Waals surface area contributed by atoms with E-state index in [0.717, 1.165) is 4.52 Å². The van der Waals surface area contributed by atoms with Crippen molar-refractivity contribution in [3.05, 3.63) is 23.0 Å². The van der Waals surface area contributed by atoms with Gasteiger partial charge in [-0.15, -0.1) is 5.10 Å². The molecule has 0 fully saturated rings. The lowest BCUT2D eigenvalue weighted by atomic mass is 10.5. The van der Waals surface area contributed by atoms with Crippen LogP contribution in [-0.2, 0) is 0 Å². The minimum Gasteiger partial charge on any atom is -0.480 e. The maximum absolute atomic E-state index is 10.9. The summed E-state index contributed by atoms with van der Waals surface area (Å²) in [4.78, 5) is 14.7. The summed E-state index contributed by atoms with van der Waals surface area (Å²) in [5.41, 5.74) is 0.184. The van der Waals surface area contributed by atoms with E-state index in [9.17, 15) is 4.79 Å². The largest absolute Gasteiger partial charge is 0.480 e. The molecule has 6 nitrogen and oxygen atoms in total. The summed E-state index contributed by atoms with van der Waals surface area (Å²) in [5.74, 6) is -0.896. The van der Waals surface area contributed by atoms with Crippen LogP contribution in [0, 0.1) is 0 Å². The summed E-state index contributed by atoms with van der Waals surface area (Å²) in [5, 5.41) is 12.7. The van der Waals surface area contributed by atoms with Crippen LogP contribution in [0.5, 0.6) is 5.88 Å². The second-order valence-electron chi connectivity index (χ2n) is 2.70. The predicted octanol–water partition coefficient (Wildman–Crippen LogP) is 1.09. The number of carbonyl (C=O) groups is 1. The highest BCUT2D eigenvalue weighted by Crippen LogP contribution is 2.18. The molecule has 2 aromatic heterocycles. The molecular weight excluding hydrogens is 222 g/mol. The van der Waals surface area contributed by atoms with Crippen LogP contribution in [0.1, 0.15) is 10.5 Å². The van der Waals surface area contributed by atoms with E-state index in [1.165, 1.54) is 7.11 Å². The monoisotopic (exact) mass is 227 g/mol. The molecule has 78 valence electrons. The molecule has 0 saturated carbocycles. The van der Waals surface area contributed by atoms with Crippen LogP contribution in [0.2, 0.25) is 5.15 Å². The number of methoxy groups -OCH3 is 1. The number of rotatable bonds is 2. The highest BCUT2D eigenvalue weighted by atomic mass is 35.5. The number of carboxylic acids is 1. The zero-order valence-electron chi connectivity index (χ0n) is 7.64. The van der Waals surface area contributed by atoms with Gasteiger partial charge in [-0.3, -0.25) is 0 Å². The Morgan fingerprint density at radius 1 is 1.60 bits per heavy atom. The van der Waals surface area contributed by atoms with Gasteiger partial charge in [0.2, 0.25) is 5.88 Å². The van der Waals surface area contributed by atoms with Crippen LogP contribution in [0.3, 0.4) is 0 Å². The van der Waals surface area contributed by atoms with Crippen molar-refractivity contribution in [3.8, 4) is 5.88 Å². The topological polar surface area (TPSA) is 76.7 Å². The van der Waals surface area contributed by atoms with Crippen LogP contribution in [-0.4, -0.2) is 32.8 Å². The maximum atomic E-state index is 10.9. The lowest BCUT2D eigenvalue weighted by Gasteiger charge is -1.99. The molecule has 1 N–H and O–H groups in total. The van der Waals surface area contributed by atoms with E-state index in [0.29, 0.717) is 11.5 Å². The average molecular weight is 228 g/mol. The van der Waals surface area contributed by atoms with Gasteiger partial charge in [0, 0.05) is 6.07 Å². The Hall–Kier alpha value is -1.82. The van der Waals surface area contributed by atoms with E-state index in [2.05, 4.69) is 10.1 Å². The fourth-order valence-corrected chi connectivity index (χ4v) is 1.42. The van der Waals surface area contributed by atoms with Gasteiger partial charge in [-0.05, 0) is 6.07 Å². The number of aromatic nitrogens is 3. The Morgan fingerprint density at radius 2 is 2.33 bits per heavy atom. The first-order valence-corrected chi connectivity index (χ1v) is 4.34. The fraction of sp³-hybridized carbons (Fsp3) is 0.125. The number of carboxylic acid groups (broad SMARTS) is 1. The number of imidazole rings is 1. The zero-order valence-corrected chi connectivity index (χ0v) is 8.39. The molecule has 0 saturated heterocycles. The van der Waals surface area contributed by atoms with Crippen LogP contribution in [0.15, 0.2) is 12.1 Å². The highest BCUT2D eigenvalue weighted by molar-refractivity contribution is 6.32. The molecule has 0 aliphatic rings. The third-order valence-electron chi connectivity index (χ3n) is 1.82. The Labute approximate surface area is 89.1 Å². The molecule has 0 spiro atoms. The van der Waals surface area contributed by atoms with Gasteiger partial charge >= 0.3 is 5.97 Å². The molecule has 2 aromatic rings. The number of halogens is 1. The van der Waals surface area contributed by atoms with Gasteiger partial charge in [0.25, 0.3) is 0 Å². The van der Waals surface area contributed by atoms with Crippen molar-refractivity contribution < 1.29 is 14.6 Å². The number of fused-ring (bicyclic) bond motifs is 1. The van der Waals surface area contributed by atoms with Gasteiger partial charge in [-0.25, -0.2) is 14.3 Å². The molecule has 7 heteroatoms. The minimum atomic E-state index is -1.19. The van der Waals surface area contributed by atoms with Crippen molar-refractivity contribution in [1.82, 2.24) is 14.6 Å². The van der Waals surface area contributed by atoms with Crippen LogP contribution in [0.4, 0.5) is 0 Å². The quantitative estimate of drug-likeness (QED) is 0.831. The van der Waals surface area contributed by atoms with Crippen LogP contribution in [0.25, 0.3) is 5.65 Å². The third-order valence-corrected chi connectivity index (χ3v) is 2.09. The molecule has 2 rings (SSSR count). The van der Waals surface area contributed by atoms with Crippen molar-refractivity contribution in [3.63, 3.8) is 0 Å². The van der Waals surface area contributed by atoms with E-state index in [1.807, 2.05) is 0 Å². The van der Waals surface area contributed by atoms with Crippen molar-refractivity contribution in [2.75, 3.05) is 7.11 Å². The van der Waals surface area contributed by atoms with Gasteiger partial charge in [0.1, 0.15) is 0 Å². The van der Waals surface area contributed by atoms with Crippen LogP contribution < -0.4 is 4.74 Å². The van der Waals surface area contributed by atoms with Crippen molar-refractivity contribution in [2.24, 2.45) is 0 Å². The summed E-state index contributed by atoms with van der Waals surface area (Å²) >= 11 is 5.66. The lowest BCUT2D eigenvalue weighted by molar-refractivity contribution is 0.0688. The maximum Gasteiger partial charge on any atom is 0.357 e. The summed E-state index contributed by atoms with van der Waals surface area (Å²) in [6.45, 7) is 0. The molecule has 0 atom stereocenters. The molecule has 0 amide bonds. The number of hydrogen-bond donors (Lipinski definition) is 1. The van der Waals surface area contributed by atoms with E-state index >= 15 is 0 Å². The first-order valence-electron chi connectivity index (χ1n) is 3.96. The molecule has 0 radical (unpaired) electrons. The second kappa shape index (κ2) is 3.39. The van der Waals surface area contributed by atoms with Crippen molar-refractivity contribution in [1.29, 1.82) is 0 Å². The Kier molecular flexibility index (Phi) is 2.20. The summed E-state index contributed by atoms with van der Waals surface area (Å²) in [6.07, 6.45) is 0. The van der Waals surface area contributed by atoms with E-state index in [4.69, 9.17) is 21.4 Å². The van der Waals surface area contributed by atoms with E-state index in [-0.39, 0.29) is 10.8 Å². The van der Waals surface area contributed by atoms with Gasteiger partial charge in [0.05, 0.1) is 7.11 Å². The Morgan fingerprint density at radius 3 is 2.93 bits per heavy atom. The van der Waals surface area contributed by atoms with Gasteiger partial charge in [-0.2, -0.15) is 0 Å². The second-order valence-corrected chi connectivity index (χ2v) is 3.06. The van der Waals surface area contributed by atoms with E-state index < -0.39 is 5.97 Å². The molecule has 0 unspecified atom stereocenters. The molecule has 0 bridgehead atoms. The first-order chi connectivity index (χ1) is 7.13. The standard InChI is InChI=1S/C8H6ClN3O3/c1-15-5-3-2-4-10-7(9)6(8(13)14)12(4)11-5/h2-3H,1H3,(H,13,14). The smallest absolute Gasteiger partial charge is 0.357 e. The van der Waals surface area contributed by atoms with Gasteiger partial charge in [0.15, 0.2) is 16.5 Å². The number of aromatic carboxylic acids is 1. The predicted molar refractivity (Wildman–Crippen MR) is 51.5 cm³/mol.